The summed E-state index contributed by atoms with van der Waals surface area (Å²) >= 11 is -0.233. The summed E-state index contributed by atoms with van der Waals surface area (Å²) < 4.78 is 6.78. The zero-order chi connectivity index (χ0) is 24.2. The van der Waals surface area contributed by atoms with E-state index in [1.807, 2.05) is 67.7 Å². The molecule has 0 fully saturated rings. The molecule has 0 amide bonds. The highest BCUT2D eigenvalue weighted by molar-refractivity contribution is 14.2. The number of aromatic nitrogens is 6. The van der Waals surface area contributed by atoms with Crippen molar-refractivity contribution < 1.29 is 0 Å². The second kappa shape index (κ2) is 10.2. The number of fused-ring (bicyclic) bond motifs is 1. The van der Waals surface area contributed by atoms with Crippen molar-refractivity contribution in [1.29, 1.82) is 5.26 Å². The van der Waals surface area contributed by atoms with Gasteiger partial charge in [-0.25, -0.2) is 14.5 Å². The van der Waals surface area contributed by atoms with Crippen LogP contribution in [-0.4, -0.2) is 43.5 Å². The molecule has 0 bridgehead atoms. The number of alkyl halides is 1. The Morgan fingerprint density at radius 3 is 2.80 bits per heavy atom. The minimum atomic E-state index is -0.233. The first-order valence-corrected chi connectivity index (χ1v) is 14.1. The zero-order valence-electron chi connectivity index (χ0n) is 19.2. The summed E-state index contributed by atoms with van der Waals surface area (Å²) in [6, 6.07) is 20.0. The van der Waals surface area contributed by atoms with Crippen LogP contribution in [0.15, 0.2) is 67.1 Å². The van der Waals surface area contributed by atoms with Gasteiger partial charge >= 0.3 is 0 Å². The number of rotatable bonds is 8. The maximum Gasteiger partial charge on any atom is 0.155 e. The van der Waals surface area contributed by atoms with E-state index in [2.05, 4.69) is 30.6 Å². The Kier molecular flexibility index (Phi) is 6.74. The highest BCUT2D eigenvalue weighted by Gasteiger charge is 2.18. The molecule has 5 aromatic rings. The fourth-order valence-corrected chi connectivity index (χ4v) is 5.18. The predicted octanol–water partition coefficient (Wildman–Crippen LogP) is 4.72. The van der Waals surface area contributed by atoms with E-state index >= 15 is 0 Å². The highest BCUT2D eigenvalue weighted by atomic mass is 127. The number of nitrogens with one attached hydrogen (secondary N) is 1. The first-order chi connectivity index (χ1) is 17.1. The number of halogens is 1. The van der Waals surface area contributed by atoms with E-state index in [0.29, 0.717) is 18.7 Å². The molecule has 5 rings (SSSR count). The van der Waals surface area contributed by atoms with Crippen molar-refractivity contribution in [3.63, 3.8) is 0 Å². The number of H-pyrrole nitrogens is 1. The van der Waals surface area contributed by atoms with E-state index in [1.165, 1.54) is 6.33 Å². The minimum Gasteiger partial charge on any atom is -0.339 e. The van der Waals surface area contributed by atoms with Crippen molar-refractivity contribution in [2.45, 2.75) is 20.0 Å². The monoisotopic (exact) mass is 574 g/mol. The molecule has 0 unspecified atom stereocenters. The number of hydrogen-bond donors (Lipinski definition) is 1. The molecule has 174 valence electrons. The van der Waals surface area contributed by atoms with Crippen molar-refractivity contribution in [3.8, 4) is 28.7 Å². The predicted molar refractivity (Wildman–Crippen MR) is 145 cm³/mol. The quantitative estimate of drug-likeness (QED) is 0.164. The number of pyridine rings is 2. The third-order valence-corrected chi connectivity index (χ3v) is 7.05. The number of imidazole rings is 1. The third-order valence-electron chi connectivity index (χ3n) is 5.60. The van der Waals surface area contributed by atoms with Gasteiger partial charge in [-0.1, -0.05) is 28.8 Å². The van der Waals surface area contributed by atoms with Gasteiger partial charge in [-0.2, -0.15) is 10.4 Å². The number of hydrogen-bond acceptors (Lipinski definition) is 6. The average Bonchev–Trinajstić information content (AvgIpc) is 3.51. The molecule has 0 atom stereocenters. The minimum absolute atomic E-state index is 0.233. The molecule has 0 aliphatic rings. The fraction of sp³-hybridized carbons (Fsp3) is 0.154. The Morgan fingerprint density at radius 1 is 1.09 bits per heavy atom. The van der Waals surface area contributed by atoms with Gasteiger partial charge in [-0.15, -0.1) is 20.7 Å². The molecule has 35 heavy (non-hydrogen) atoms. The standard InChI is InChI=1S/C26H23IN8/c1-18-6-5-9-22(31-18)26-25(21-10-11-24-29-17-30-35(24)14-21)32-23(33-26)15-34(16-27-2)13-20-8-4-3-7-19(20)12-28/h3-11,14,17H,2,13,15-16H2,1H3,(H,32,33). The van der Waals surface area contributed by atoms with Gasteiger partial charge in [-0.05, 0) is 42.8 Å². The summed E-state index contributed by atoms with van der Waals surface area (Å²) in [5.41, 5.74) is 6.87. The molecule has 0 radical (unpaired) electrons. The Hall–Kier alpha value is -3.75. The van der Waals surface area contributed by atoms with Crippen molar-refractivity contribution in [3.05, 3.63) is 89.8 Å². The topological polar surface area (TPSA) is 98.8 Å². The lowest BCUT2D eigenvalue weighted by Crippen LogP contribution is -2.22. The molecule has 0 saturated carbocycles. The van der Waals surface area contributed by atoms with Crippen LogP contribution in [0.25, 0.3) is 28.3 Å². The maximum absolute atomic E-state index is 9.51. The van der Waals surface area contributed by atoms with Crippen molar-refractivity contribution in [2.24, 2.45) is 0 Å². The molecule has 4 aromatic heterocycles. The summed E-state index contributed by atoms with van der Waals surface area (Å²) in [6.07, 6.45) is 3.47. The Labute approximate surface area is 213 Å². The third kappa shape index (κ3) is 5.03. The molecule has 9 heteroatoms. The first-order valence-electron chi connectivity index (χ1n) is 11.0. The van der Waals surface area contributed by atoms with Crippen LogP contribution >= 0.6 is 20.7 Å². The summed E-state index contributed by atoms with van der Waals surface area (Å²) in [5, 5.41) is 13.8. The van der Waals surface area contributed by atoms with Crippen LogP contribution in [0.3, 0.4) is 0 Å². The molecule has 0 spiro atoms. The van der Waals surface area contributed by atoms with E-state index in [1.54, 1.807) is 4.52 Å². The first kappa shape index (κ1) is 23.0. The molecule has 0 aliphatic carbocycles. The summed E-state index contributed by atoms with van der Waals surface area (Å²) in [5.74, 6) is 0.837. The van der Waals surface area contributed by atoms with Gasteiger partial charge in [0.15, 0.2) is 5.65 Å². The lowest BCUT2D eigenvalue weighted by atomic mass is 10.1. The lowest BCUT2D eigenvalue weighted by Gasteiger charge is -2.19. The number of aromatic amines is 1. The largest absolute Gasteiger partial charge is 0.339 e. The maximum atomic E-state index is 9.51. The molecular weight excluding hydrogens is 551 g/mol. The number of aryl methyl sites for hydroxylation is 1. The van der Waals surface area contributed by atoms with Gasteiger partial charge in [0, 0.05) is 28.6 Å². The molecule has 0 aliphatic heterocycles. The molecule has 1 N–H and O–H groups in total. The van der Waals surface area contributed by atoms with Gasteiger partial charge < -0.3 is 4.98 Å². The van der Waals surface area contributed by atoms with E-state index in [0.717, 1.165) is 49.9 Å². The molecule has 4 heterocycles. The van der Waals surface area contributed by atoms with Gasteiger partial charge in [0.2, 0.25) is 0 Å². The molecule has 8 nitrogen and oxygen atoms in total. The van der Waals surface area contributed by atoms with Crippen LogP contribution < -0.4 is 0 Å². The van der Waals surface area contributed by atoms with Crippen molar-refractivity contribution >= 4 is 30.9 Å². The highest BCUT2D eigenvalue weighted by Crippen LogP contribution is 2.30. The molecular formula is C26H23IN8. The van der Waals surface area contributed by atoms with Gasteiger partial charge in [0.1, 0.15) is 12.2 Å². The summed E-state index contributed by atoms with van der Waals surface area (Å²) in [7, 11) is 0. The second-order valence-corrected chi connectivity index (χ2v) is 9.88. The van der Waals surface area contributed by atoms with E-state index in [4.69, 9.17) is 9.97 Å². The normalized spacial score (nSPS) is 11.2. The van der Waals surface area contributed by atoms with E-state index in [-0.39, 0.29) is 20.7 Å². The van der Waals surface area contributed by atoms with Crippen LogP contribution in [0, 0.1) is 18.3 Å². The van der Waals surface area contributed by atoms with E-state index < -0.39 is 0 Å². The van der Waals surface area contributed by atoms with E-state index in [9.17, 15) is 5.26 Å². The molecule has 1 aromatic carbocycles. The summed E-state index contributed by atoms with van der Waals surface area (Å²) in [6.45, 7) is 3.26. The van der Waals surface area contributed by atoms with Crippen LogP contribution in [0.5, 0.6) is 0 Å². The lowest BCUT2D eigenvalue weighted by molar-refractivity contribution is 0.305. The Bertz CT molecular complexity index is 1540. The van der Waals surface area contributed by atoms with Gasteiger partial charge in [-0.3, -0.25) is 9.88 Å². The average molecular weight is 574 g/mol. The summed E-state index contributed by atoms with van der Waals surface area (Å²) in [4.78, 5) is 19.8. The SMILES string of the molecule is C=ICN(Cc1nc(-c2ccc3ncnn3c2)c(-c2cccc(C)n2)[nH]1)Cc1ccccc1C#N. The molecule has 0 saturated heterocycles. The van der Waals surface area contributed by atoms with Crippen LogP contribution in [0.1, 0.15) is 22.6 Å². The van der Waals surface area contributed by atoms with Crippen LogP contribution in [0.2, 0.25) is 0 Å². The van der Waals surface area contributed by atoms with Crippen molar-refractivity contribution in [1.82, 2.24) is 34.4 Å². The van der Waals surface area contributed by atoms with Crippen LogP contribution in [0.4, 0.5) is 0 Å². The number of benzene rings is 1. The van der Waals surface area contributed by atoms with Crippen LogP contribution in [-0.2, 0) is 13.1 Å². The Balaban J connectivity index is 1.53. The van der Waals surface area contributed by atoms with Gasteiger partial charge in [0.05, 0.1) is 35.3 Å². The van der Waals surface area contributed by atoms with Gasteiger partial charge in [0.25, 0.3) is 0 Å². The fourth-order valence-electron chi connectivity index (χ4n) is 4.01. The van der Waals surface area contributed by atoms with Crippen molar-refractivity contribution in [2.75, 3.05) is 4.55 Å². The Morgan fingerprint density at radius 2 is 1.97 bits per heavy atom. The number of nitriles is 1. The number of nitrogens with zero attached hydrogens (tertiary/aromatic N) is 7. The second-order valence-electron chi connectivity index (χ2n) is 8.12. The zero-order valence-corrected chi connectivity index (χ0v) is 21.3. The smallest absolute Gasteiger partial charge is 0.155 e.